The summed E-state index contributed by atoms with van der Waals surface area (Å²) in [6.07, 6.45) is 6.65. The molecule has 0 spiro atoms. The van der Waals surface area contributed by atoms with E-state index in [4.69, 9.17) is 9.97 Å². The second-order valence-electron chi connectivity index (χ2n) is 7.79. The van der Waals surface area contributed by atoms with Crippen LogP contribution in [0.2, 0.25) is 0 Å². The lowest BCUT2D eigenvalue weighted by molar-refractivity contribution is -0.118. The molecule has 0 aliphatic heterocycles. The summed E-state index contributed by atoms with van der Waals surface area (Å²) in [6, 6.07) is 10.1. The van der Waals surface area contributed by atoms with E-state index in [9.17, 15) is 9.59 Å². The molecule has 0 amide bonds. The van der Waals surface area contributed by atoms with Gasteiger partial charge in [0.1, 0.15) is 11.5 Å². The Hall–Kier alpha value is -2.18. The van der Waals surface area contributed by atoms with Gasteiger partial charge in [0.05, 0.1) is 5.69 Å². The predicted molar refractivity (Wildman–Crippen MR) is 123 cm³/mol. The third-order valence-corrected chi connectivity index (χ3v) is 7.58. The van der Waals surface area contributed by atoms with E-state index in [-0.39, 0.29) is 5.78 Å². The van der Waals surface area contributed by atoms with Crippen LogP contribution in [0.15, 0.2) is 35.7 Å². The average Bonchev–Trinajstić information content (AvgIpc) is 3.33. The summed E-state index contributed by atoms with van der Waals surface area (Å²) in [7, 11) is 0. The van der Waals surface area contributed by atoms with Crippen LogP contribution in [-0.2, 0) is 4.79 Å². The first-order chi connectivity index (χ1) is 14.7. The topological polar surface area (TPSA) is 59.9 Å². The SMILES string of the molecule is CCC(=O)CCCCCC(=O)c1nc(-c2nc(-c3ccccc3)cs2)sc1C1CC1. The van der Waals surface area contributed by atoms with Crippen molar-refractivity contribution in [2.45, 2.75) is 64.2 Å². The second kappa shape index (κ2) is 9.75. The molecular formula is C24H26N2O2S2. The van der Waals surface area contributed by atoms with Gasteiger partial charge in [-0.1, -0.05) is 43.7 Å². The van der Waals surface area contributed by atoms with Gasteiger partial charge in [0.25, 0.3) is 0 Å². The highest BCUT2D eigenvalue weighted by Gasteiger charge is 2.32. The van der Waals surface area contributed by atoms with Gasteiger partial charge >= 0.3 is 0 Å². The molecule has 0 unspecified atom stereocenters. The summed E-state index contributed by atoms with van der Waals surface area (Å²) in [5.41, 5.74) is 2.71. The molecule has 0 atom stereocenters. The van der Waals surface area contributed by atoms with Gasteiger partial charge in [-0.05, 0) is 31.6 Å². The summed E-state index contributed by atoms with van der Waals surface area (Å²) in [4.78, 5) is 35.0. The van der Waals surface area contributed by atoms with Crippen molar-refractivity contribution in [3.05, 3.63) is 46.3 Å². The Kier molecular flexibility index (Phi) is 6.85. The predicted octanol–water partition coefficient (Wildman–Crippen LogP) is 6.92. The van der Waals surface area contributed by atoms with Gasteiger partial charge in [-0.25, -0.2) is 9.97 Å². The van der Waals surface area contributed by atoms with Crippen LogP contribution >= 0.6 is 22.7 Å². The van der Waals surface area contributed by atoms with Gasteiger partial charge in [-0.15, -0.1) is 22.7 Å². The molecule has 2 aromatic heterocycles. The fourth-order valence-electron chi connectivity index (χ4n) is 3.44. The number of unbranched alkanes of at least 4 members (excludes halogenated alkanes) is 2. The number of benzene rings is 1. The van der Waals surface area contributed by atoms with E-state index in [1.807, 2.05) is 25.1 Å². The number of carbonyl (C=O) groups is 2. The maximum Gasteiger partial charge on any atom is 0.182 e. The fraction of sp³-hybridized carbons (Fsp3) is 0.417. The van der Waals surface area contributed by atoms with Crippen LogP contribution < -0.4 is 0 Å². The molecule has 0 radical (unpaired) electrons. The zero-order valence-corrected chi connectivity index (χ0v) is 18.9. The van der Waals surface area contributed by atoms with Gasteiger partial charge in [-0.2, -0.15) is 0 Å². The summed E-state index contributed by atoms with van der Waals surface area (Å²) in [5, 5.41) is 3.81. The highest BCUT2D eigenvalue weighted by molar-refractivity contribution is 7.21. The van der Waals surface area contributed by atoms with Crippen molar-refractivity contribution >= 4 is 34.2 Å². The van der Waals surface area contributed by atoms with Crippen LogP contribution in [0.3, 0.4) is 0 Å². The maximum atomic E-state index is 12.9. The first kappa shape index (κ1) is 21.1. The van der Waals surface area contributed by atoms with E-state index in [1.165, 1.54) is 0 Å². The summed E-state index contributed by atoms with van der Waals surface area (Å²) in [6.45, 7) is 1.90. The van der Waals surface area contributed by atoms with E-state index in [0.29, 0.717) is 36.7 Å². The van der Waals surface area contributed by atoms with Crippen molar-refractivity contribution in [2.24, 2.45) is 0 Å². The molecule has 3 aromatic rings. The Balaban J connectivity index is 1.44. The van der Waals surface area contributed by atoms with Crippen molar-refractivity contribution in [1.82, 2.24) is 9.97 Å². The lowest BCUT2D eigenvalue weighted by atomic mass is 10.0. The first-order valence-corrected chi connectivity index (χ1v) is 12.4. The van der Waals surface area contributed by atoms with Crippen LogP contribution in [0.4, 0.5) is 0 Å². The number of hydrogen-bond acceptors (Lipinski definition) is 6. The summed E-state index contributed by atoms with van der Waals surface area (Å²) >= 11 is 3.23. The van der Waals surface area contributed by atoms with E-state index < -0.39 is 0 Å². The first-order valence-electron chi connectivity index (χ1n) is 10.7. The number of nitrogens with zero attached hydrogens (tertiary/aromatic N) is 2. The van der Waals surface area contributed by atoms with E-state index in [1.54, 1.807) is 22.7 Å². The molecule has 4 nitrogen and oxygen atoms in total. The molecule has 1 saturated carbocycles. The number of aromatic nitrogens is 2. The van der Waals surface area contributed by atoms with E-state index >= 15 is 0 Å². The van der Waals surface area contributed by atoms with Crippen molar-refractivity contribution in [1.29, 1.82) is 0 Å². The van der Waals surface area contributed by atoms with Gasteiger partial charge in [0, 0.05) is 35.1 Å². The third-order valence-electron chi connectivity index (χ3n) is 5.38. The molecule has 4 rings (SSSR count). The quantitative estimate of drug-likeness (QED) is 0.241. The van der Waals surface area contributed by atoms with Crippen LogP contribution in [0, 0.1) is 0 Å². The number of ketones is 2. The molecule has 0 N–H and O–H groups in total. The van der Waals surface area contributed by atoms with Gasteiger partial charge in [0.2, 0.25) is 0 Å². The van der Waals surface area contributed by atoms with Crippen LogP contribution in [0.1, 0.15) is 79.6 Å². The van der Waals surface area contributed by atoms with Gasteiger partial charge < -0.3 is 0 Å². The summed E-state index contributed by atoms with van der Waals surface area (Å²) < 4.78 is 0. The lowest BCUT2D eigenvalue weighted by Crippen LogP contribution is -2.03. The fourth-order valence-corrected chi connectivity index (χ4v) is 5.55. The largest absolute Gasteiger partial charge is 0.300 e. The maximum absolute atomic E-state index is 12.9. The molecule has 1 aliphatic carbocycles. The zero-order chi connectivity index (χ0) is 20.9. The number of rotatable bonds is 11. The molecule has 1 aromatic carbocycles. The standard InChI is InChI=1S/C24H26N2O2S2/c1-2-18(27)11-7-4-8-12-20(28)21-22(17-13-14-17)30-24(26-21)23-25-19(15-29-23)16-9-5-3-6-10-16/h3,5-6,9-10,15,17H,2,4,7-8,11-14H2,1H3. The molecule has 0 bridgehead atoms. The normalized spacial score (nSPS) is 13.5. The molecule has 1 fully saturated rings. The lowest BCUT2D eigenvalue weighted by Gasteiger charge is -2.01. The van der Waals surface area contributed by atoms with Crippen molar-refractivity contribution in [3.63, 3.8) is 0 Å². The average molecular weight is 439 g/mol. The minimum atomic E-state index is 0.140. The molecule has 30 heavy (non-hydrogen) atoms. The van der Waals surface area contributed by atoms with Crippen molar-refractivity contribution in [2.75, 3.05) is 0 Å². The van der Waals surface area contributed by atoms with E-state index in [0.717, 1.165) is 58.3 Å². The Labute approximate surface area is 185 Å². The molecule has 6 heteroatoms. The Morgan fingerprint density at radius 2 is 1.77 bits per heavy atom. The second-order valence-corrected chi connectivity index (χ2v) is 9.67. The van der Waals surface area contributed by atoms with Crippen molar-refractivity contribution < 1.29 is 9.59 Å². The Morgan fingerprint density at radius 3 is 2.50 bits per heavy atom. The smallest absolute Gasteiger partial charge is 0.182 e. The van der Waals surface area contributed by atoms with Crippen molar-refractivity contribution in [3.8, 4) is 21.3 Å². The molecular weight excluding hydrogens is 412 g/mol. The molecule has 156 valence electrons. The molecule has 2 heterocycles. The van der Waals surface area contributed by atoms with Gasteiger partial charge in [-0.3, -0.25) is 9.59 Å². The third kappa shape index (κ3) is 5.10. The number of carbonyl (C=O) groups excluding carboxylic acids is 2. The Bertz CT molecular complexity index is 1020. The van der Waals surface area contributed by atoms with Gasteiger partial charge in [0.15, 0.2) is 15.8 Å². The molecule has 1 aliphatic rings. The Morgan fingerprint density at radius 1 is 1.00 bits per heavy atom. The number of hydrogen-bond donors (Lipinski definition) is 0. The van der Waals surface area contributed by atoms with E-state index in [2.05, 4.69) is 17.5 Å². The zero-order valence-electron chi connectivity index (χ0n) is 17.2. The minimum Gasteiger partial charge on any atom is -0.300 e. The van der Waals surface area contributed by atoms with Crippen LogP contribution in [0.25, 0.3) is 21.3 Å². The monoisotopic (exact) mass is 438 g/mol. The number of thiazole rings is 2. The highest BCUT2D eigenvalue weighted by atomic mass is 32.1. The van der Waals surface area contributed by atoms with Crippen LogP contribution in [0.5, 0.6) is 0 Å². The molecule has 0 saturated heterocycles. The number of Topliss-reactive ketones (excluding diaryl/α,β-unsaturated/α-hetero) is 2. The summed E-state index contributed by atoms with van der Waals surface area (Å²) in [5.74, 6) is 0.937. The van der Waals surface area contributed by atoms with Crippen LogP contribution in [-0.4, -0.2) is 21.5 Å². The highest BCUT2D eigenvalue weighted by Crippen LogP contribution is 2.47. The minimum absolute atomic E-state index is 0.140.